The van der Waals surface area contributed by atoms with Gasteiger partial charge in [0.15, 0.2) is 0 Å². The van der Waals surface area contributed by atoms with Gasteiger partial charge in [-0.2, -0.15) is 0 Å². The largest absolute Gasteiger partial charge is 0.442 e. The minimum absolute atomic E-state index is 0.00921. The number of hydrogen-bond acceptors (Lipinski definition) is 4. The number of carbonyl (C=O) groups excluding carboxylic acids is 1. The average Bonchev–Trinajstić information content (AvgIpc) is 3.33. The van der Waals surface area contributed by atoms with Crippen LogP contribution in [0.1, 0.15) is 16.8 Å². The van der Waals surface area contributed by atoms with Gasteiger partial charge in [0.2, 0.25) is 0 Å². The van der Waals surface area contributed by atoms with E-state index >= 15 is 0 Å². The van der Waals surface area contributed by atoms with Gasteiger partial charge in [-0.15, -0.1) is 0 Å². The van der Waals surface area contributed by atoms with Crippen LogP contribution in [0.4, 0.5) is 4.79 Å². The molecule has 2 aliphatic heterocycles. The number of aromatic nitrogens is 1. The van der Waals surface area contributed by atoms with Gasteiger partial charge in [0.05, 0.1) is 6.04 Å². The van der Waals surface area contributed by atoms with E-state index in [1.807, 2.05) is 23.1 Å². The lowest BCUT2D eigenvalue weighted by Gasteiger charge is -2.26. The lowest BCUT2D eigenvalue weighted by Crippen LogP contribution is -2.41. The molecule has 2 fully saturated rings. The molecule has 2 aromatic rings. The van der Waals surface area contributed by atoms with E-state index in [1.54, 1.807) is 6.20 Å². The monoisotopic (exact) mass is 349 g/mol. The molecule has 5 heteroatoms. The Bertz CT molecular complexity index is 785. The standard InChI is InChI=1S/C21H23N3O2/c25-21-24(10-8-17-7-3-4-9-22-17)19-13-23(14-20(19)26-21)18-11-15-5-1-2-6-16(15)12-18/h1-7,9,18-20H,8,10-14H2/t19-,20+/m0/s1. The fourth-order valence-corrected chi connectivity index (χ4v) is 4.66. The Labute approximate surface area is 153 Å². The second-order valence-corrected chi connectivity index (χ2v) is 7.54. The van der Waals surface area contributed by atoms with Crippen LogP contribution >= 0.6 is 0 Å². The number of nitrogens with zero attached hydrogens (tertiary/aromatic N) is 3. The summed E-state index contributed by atoms with van der Waals surface area (Å²) in [4.78, 5) is 21.1. The van der Waals surface area contributed by atoms with E-state index in [0.29, 0.717) is 12.6 Å². The molecule has 2 saturated heterocycles. The Morgan fingerprint density at radius 3 is 2.54 bits per heavy atom. The van der Waals surface area contributed by atoms with Crippen LogP contribution in [0, 0.1) is 0 Å². The Kier molecular flexibility index (Phi) is 3.89. The molecule has 5 rings (SSSR count). The number of fused-ring (bicyclic) bond motifs is 2. The first kappa shape index (κ1) is 15.8. The minimum atomic E-state index is -0.162. The third kappa shape index (κ3) is 2.76. The van der Waals surface area contributed by atoms with Crippen LogP contribution in [0.5, 0.6) is 0 Å². The molecule has 0 saturated carbocycles. The van der Waals surface area contributed by atoms with Crippen molar-refractivity contribution in [3.05, 3.63) is 65.5 Å². The van der Waals surface area contributed by atoms with E-state index in [1.165, 1.54) is 11.1 Å². The average molecular weight is 349 g/mol. The first-order valence-corrected chi connectivity index (χ1v) is 9.46. The number of hydrogen-bond donors (Lipinski definition) is 0. The highest BCUT2D eigenvalue weighted by Gasteiger charge is 2.49. The summed E-state index contributed by atoms with van der Waals surface area (Å²) in [6.07, 6.45) is 4.64. The third-order valence-electron chi connectivity index (χ3n) is 6.03. The van der Waals surface area contributed by atoms with Gasteiger partial charge in [0.1, 0.15) is 6.10 Å². The summed E-state index contributed by atoms with van der Waals surface area (Å²) in [6, 6.07) is 15.4. The Balaban J connectivity index is 1.24. The fraction of sp³-hybridized carbons (Fsp3) is 0.429. The molecular formula is C21H23N3O2. The molecule has 3 heterocycles. The number of pyridine rings is 1. The molecule has 0 N–H and O–H groups in total. The van der Waals surface area contributed by atoms with E-state index in [-0.39, 0.29) is 18.2 Å². The highest BCUT2D eigenvalue weighted by Crippen LogP contribution is 2.32. The number of amides is 1. The molecule has 2 atom stereocenters. The highest BCUT2D eigenvalue weighted by atomic mass is 16.6. The van der Waals surface area contributed by atoms with Gasteiger partial charge in [-0.05, 0) is 36.1 Å². The number of ether oxygens (including phenoxy) is 1. The van der Waals surface area contributed by atoms with Crippen molar-refractivity contribution in [2.45, 2.75) is 37.5 Å². The molecule has 0 spiro atoms. The Hall–Kier alpha value is -2.40. The van der Waals surface area contributed by atoms with Crippen molar-refractivity contribution >= 4 is 6.09 Å². The summed E-state index contributed by atoms with van der Waals surface area (Å²) < 4.78 is 5.68. The third-order valence-corrected chi connectivity index (χ3v) is 6.03. The molecule has 0 unspecified atom stereocenters. The van der Waals surface area contributed by atoms with Crippen LogP contribution in [-0.4, -0.2) is 58.7 Å². The van der Waals surface area contributed by atoms with Crippen LogP contribution in [0.25, 0.3) is 0 Å². The van der Waals surface area contributed by atoms with Gasteiger partial charge in [-0.1, -0.05) is 30.3 Å². The zero-order chi connectivity index (χ0) is 17.5. The van der Waals surface area contributed by atoms with Crippen LogP contribution in [0.15, 0.2) is 48.7 Å². The quantitative estimate of drug-likeness (QED) is 0.850. The van der Waals surface area contributed by atoms with Crippen LogP contribution in [-0.2, 0) is 24.0 Å². The van der Waals surface area contributed by atoms with Crippen molar-refractivity contribution in [1.82, 2.24) is 14.8 Å². The van der Waals surface area contributed by atoms with Gasteiger partial charge < -0.3 is 4.74 Å². The maximum Gasteiger partial charge on any atom is 0.410 e. The molecule has 1 amide bonds. The first-order chi connectivity index (χ1) is 12.8. The lowest BCUT2D eigenvalue weighted by atomic mass is 10.1. The molecule has 0 radical (unpaired) electrons. The molecular weight excluding hydrogens is 326 g/mol. The number of benzene rings is 1. The van der Waals surface area contributed by atoms with Gasteiger partial charge in [0, 0.05) is 44.0 Å². The molecule has 26 heavy (non-hydrogen) atoms. The van der Waals surface area contributed by atoms with E-state index in [0.717, 1.165) is 38.0 Å². The number of rotatable bonds is 4. The zero-order valence-corrected chi connectivity index (χ0v) is 14.8. The normalized spacial score (nSPS) is 25.4. The van der Waals surface area contributed by atoms with Crippen LogP contribution in [0.2, 0.25) is 0 Å². The summed E-state index contributed by atoms with van der Waals surface area (Å²) in [5.41, 5.74) is 3.96. The minimum Gasteiger partial charge on any atom is -0.442 e. The predicted molar refractivity (Wildman–Crippen MR) is 97.9 cm³/mol. The SMILES string of the molecule is O=C1O[C@@H]2CN(C3Cc4ccccc4C3)C[C@@H]2N1CCc1ccccn1. The van der Waals surface area contributed by atoms with Crippen molar-refractivity contribution in [1.29, 1.82) is 0 Å². The summed E-state index contributed by atoms with van der Waals surface area (Å²) in [5, 5.41) is 0. The first-order valence-electron chi connectivity index (χ1n) is 9.46. The van der Waals surface area contributed by atoms with E-state index in [9.17, 15) is 4.79 Å². The smallest absolute Gasteiger partial charge is 0.410 e. The maximum atomic E-state index is 12.3. The van der Waals surface area contributed by atoms with Gasteiger partial charge in [0.25, 0.3) is 0 Å². The van der Waals surface area contributed by atoms with Crippen molar-refractivity contribution < 1.29 is 9.53 Å². The van der Waals surface area contributed by atoms with Crippen LogP contribution < -0.4 is 0 Å². The van der Waals surface area contributed by atoms with Crippen molar-refractivity contribution in [2.24, 2.45) is 0 Å². The summed E-state index contributed by atoms with van der Waals surface area (Å²) in [7, 11) is 0. The van der Waals surface area contributed by atoms with E-state index in [2.05, 4.69) is 34.1 Å². The topological polar surface area (TPSA) is 45.7 Å². The van der Waals surface area contributed by atoms with Gasteiger partial charge in [-0.3, -0.25) is 14.8 Å². The Morgan fingerprint density at radius 1 is 1.04 bits per heavy atom. The highest BCUT2D eigenvalue weighted by molar-refractivity contribution is 5.71. The second-order valence-electron chi connectivity index (χ2n) is 7.54. The molecule has 1 aromatic carbocycles. The van der Waals surface area contributed by atoms with Gasteiger partial charge in [-0.25, -0.2) is 4.79 Å². The molecule has 1 aromatic heterocycles. The zero-order valence-electron chi connectivity index (χ0n) is 14.8. The van der Waals surface area contributed by atoms with E-state index in [4.69, 9.17) is 4.74 Å². The number of carbonyl (C=O) groups is 1. The number of likely N-dealkylation sites (tertiary alicyclic amines) is 1. The predicted octanol–water partition coefficient (Wildman–Crippen LogP) is 2.30. The molecule has 3 aliphatic rings. The molecule has 0 bridgehead atoms. The van der Waals surface area contributed by atoms with Crippen LogP contribution in [0.3, 0.4) is 0 Å². The van der Waals surface area contributed by atoms with Gasteiger partial charge >= 0.3 is 6.09 Å². The van der Waals surface area contributed by atoms with Crippen molar-refractivity contribution in [3.8, 4) is 0 Å². The summed E-state index contributed by atoms with van der Waals surface area (Å²) >= 11 is 0. The molecule has 5 nitrogen and oxygen atoms in total. The summed E-state index contributed by atoms with van der Waals surface area (Å²) in [6.45, 7) is 2.45. The van der Waals surface area contributed by atoms with E-state index < -0.39 is 0 Å². The fourth-order valence-electron chi connectivity index (χ4n) is 4.66. The Morgan fingerprint density at radius 2 is 1.81 bits per heavy atom. The molecule has 134 valence electrons. The van der Waals surface area contributed by atoms with Crippen molar-refractivity contribution in [3.63, 3.8) is 0 Å². The van der Waals surface area contributed by atoms with Crippen molar-refractivity contribution in [2.75, 3.05) is 19.6 Å². The maximum absolute atomic E-state index is 12.3. The lowest BCUT2D eigenvalue weighted by molar-refractivity contribution is 0.113. The second kappa shape index (κ2) is 6.40. The summed E-state index contributed by atoms with van der Waals surface area (Å²) in [5.74, 6) is 0. The molecule has 1 aliphatic carbocycles.